The molecule has 2 atom stereocenters. The fraction of sp³-hybridized carbons (Fsp3) is 0.500. The molecule has 24 heavy (non-hydrogen) atoms. The maximum Gasteiger partial charge on any atom is 0.416 e. The van der Waals surface area contributed by atoms with Gasteiger partial charge in [0.15, 0.2) is 0 Å². The van der Waals surface area contributed by atoms with Crippen LogP contribution >= 0.6 is 0 Å². The van der Waals surface area contributed by atoms with Crippen molar-refractivity contribution in [3.63, 3.8) is 0 Å². The Morgan fingerprint density at radius 1 is 1.29 bits per heavy atom. The second-order valence-corrected chi connectivity index (χ2v) is 5.78. The van der Waals surface area contributed by atoms with E-state index in [9.17, 15) is 27.9 Å². The number of ether oxygens (including phenoxy) is 1. The standard InChI is InChI=1S/C16H18F3NO4/c1-24-15(23)20-7-6-11(14(21)22)9-13(20)8-10-2-4-12(5-3-10)16(17,18)19/h2-5,11,13H,6-9H2,1H3,(H,21,22)/t11-,13-/m0/s1. The number of aliphatic carboxylic acids is 1. The number of benzene rings is 1. The number of hydrogen-bond acceptors (Lipinski definition) is 3. The van der Waals surface area contributed by atoms with Crippen molar-refractivity contribution in [1.82, 2.24) is 4.90 Å². The van der Waals surface area contributed by atoms with Crippen LogP contribution in [-0.2, 0) is 22.1 Å². The Morgan fingerprint density at radius 3 is 2.42 bits per heavy atom. The number of hydrogen-bond donors (Lipinski definition) is 1. The number of carbonyl (C=O) groups excluding carboxylic acids is 1. The Bertz CT molecular complexity index is 600. The summed E-state index contributed by atoms with van der Waals surface area (Å²) in [4.78, 5) is 24.5. The lowest BCUT2D eigenvalue weighted by Gasteiger charge is -2.37. The fourth-order valence-corrected chi connectivity index (χ4v) is 2.93. The minimum absolute atomic E-state index is 0.242. The summed E-state index contributed by atoms with van der Waals surface area (Å²) in [7, 11) is 1.24. The van der Waals surface area contributed by atoms with E-state index in [-0.39, 0.29) is 19.4 Å². The molecule has 5 nitrogen and oxygen atoms in total. The molecule has 0 radical (unpaired) electrons. The Kier molecular flexibility index (Phi) is 5.36. The van der Waals surface area contributed by atoms with Gasteiger partial charge in [-0.05, 0) is 37.0 Å². The number of halogens is 3. The van der Waals surface area contributed by atoms with Crippen molar-refractivity contribution >= 4 is 12.1 Å². The molecule has 1 heterocycles. The molecule has 1 saturated heterocycles. The zero-order valence-electron chi connectivity index (χ0n) is 13.0. The van der Waals surface area contributed by atoms with Crippen molar-refractivity contribution in [2.45, 2.75) is 31.5 Å². The lowest BCUT2D eigenvalue weighted by atomic mass is 9.87. The van der Waals surface area contributed by atoms with Crippen LogP contribution in [0.2, 0.25) is 0 Å². The van der Waals surface area contributed by atoms with Crippen molar-refractivity contribution < 1.29 is 32.6 Å². The molecule has 0 aromatic heterocycles. The van der Waals surface area contributed by atoms with Gasteiger partial charge in [0.05, 0.1) is 18.6 Å². The van der Waals surface area contributed by atoms with Crippen LogP contribution in [0.5, 0.6) is 0 Å². The third-order valence-corrected chi connectivity index (χ3v) is 4.23. The van der Waals surface area contributed by atoms with Crippen LogP contribution in [0, 0.1) is 5.92 Å². The van der Waals surface area contributed by atoms with Crippen LogP contribution in [0.25, 0.3) is 0 Å². The summed E-state index contributed by atoms with van der Waals surface area (Å²) in [5.41, 5.74) is -0.143. The molecular formula is C16H18F3NO4. The molecule has 0 saturated carbocycles. The first-order chi connectivity index (χ1) is 11.2. The zero-order valence-corrected chi connectivity index (χ0v) is 13.0. The highest BCUT2D eigenvalue weighted by atomic mass is 19.4. The Morgan fingerprint density at radius 2 is 1.92 bits per heavy atom. The minimum Gasteiger partial charge on any atom is -0.481 e. The highest BCUT2D eigenvalue weighted by Crippen LogP contribution is 2.30. The number of amides is 1. The Labute approximate surface area is 137 Å². The van der Waals surface area contributed by atoms with Gasteiger partial charge in [0.1, 0.15) is 0 Å². The lowest BCUT2D eigenvalue weighted by molar-refractivity contribution is -0.144. The summed E-state index contributed by atoms with van der Waals surface area (Å²) in [5.74, 6) is -1.51. The molecule has 1 fully saturated rings. The number of piperidine rings is 1. The van der Waals surface area contributed by atoms with Crippen molar-refractivity contribution in [3.05, 3.63) is 35.4 Å². The average Bonchev–Trinajstić information content (AvgIpc) is 2.53. The Hall–Kier alpha value is -2.25. The summed E-state index contributed by atoms with van der Waals surface area (Å²) in [6, 6.07) is 4.24. The van der Waals surface area contributed by atoms with Crippen molar-refractivity contribution in [2.75, 3.05) is 13.7 Å². The summed E-state index contributed by atoms with van der Waals surface area (Å²) in [5, 5.41) is 9.17. The summed E-state index contributed by atoms with van der Waals surface area (Å²) >= 11 is 0. The van der Waals surface area contributed by atoms with E-state index < -0.39 is 35.8 Å². The topological polar surface area (TPSA) is 66.8 Å². The predicted molar refractivity (Wildman–Crippen MR) is 78.4 cm³/mol. The van der Waals surface area contributed by atoms with Gasteiger partial charge in [-0.1, -0.05) is 12.1 Å². The number of rotatable bonds is 3. The van der Waals surface area contributed by atoms with Crippen LogP contribution < -0.4 is 0 Å². The van der Waals surface area contributed by atoms with Gasteiger partial charge in [0.25, 0.3) is 0 Å². The minimum atomic E-state index is -4.41. The molecule has 1 N–H and O–H groups in total. The van der Waals surface area contributed by atoms with Gasteiger partial charge in [0, 0.05) is 12.6 Å². The van der Waals surface area contributed by atoms with E-state index in [2.05, 4.69) is 0 Å². The number of carbonyl (C=O) groups is 2. The van der Waals surface area contributed by atoms with Crippen molar-refractivity contribution in [1.29, 1.82) is 0 Å². The third-order valence-electron chi connectivity index (χ3n) is 4.23. The number of methoxy groups -OCH3 is 1. The van der Waals surface area contributed by atoms with E-state index in [1.165, 1.54) is 24.1 Å². The second kappa shape index (κ2) is 7.11. The van der Waals surface area contributed by atoms with Crippen LogP contribution in [0.4, 0.5) is 18.0 Å². The SMILES string of the molecule is COC(=O)N1CC[C@H](C(=O)O)C[C@@H]1Cc1ccc(C(F)(F)F)cc1. The van der Waals surface area contributed by atoms with E-state index in [1.807, 2.05) is 0 Å². The summed E-state index contributed by atoms with van der Waals surface area (Å²) in [6.45, 7) is 0.245. The largest absolute Gasteiger partial charge is 0.481 e. The molecule has 1 aromatic rings. The lowest BCUT2D eigenvalue weighted by Crippen LogP contribution is -2.48. The highest BCUT2D eigenvalue weighted by Gasteiger charge is 2.35. The zero-order chi connectivity index (χ0) is 17.9. The van der Waals surface area contributed by atoms with Crippen LogP contribution in [0.15, 0.2) is 24.3 Å². The van der Waals surface area contributed by atoms with Crippen LogP contribution in [-0.4, -0.2) is 41.8 Å². The molecule has 1 aliphatic heterocycles. The molecule has 0 bridgehead atoms. The quantitative estimate of drug-likeness (QED) is 0.914. The molecule has 1 aromatic carbocycles. The van der Waals surface area contributed by atoms with Crippen LogP contribution in [0.3, 0.4) is 0 Å². The number of nitrogens with zero attached hydrogens (tertiary/aromatic N) is 1. The van der Waals surface area contributed by atoms with E-state index in [4.69, 9.17) is 4.74 Å². The number of carboxylic acids is 1. The number of alkyl halides is 3. The molecule has 0 aliphatic carbocycles. The normalized spacial score (nSPS) is 21.4. The number of likely N-dealkylation sites (tertiary alicyclic amines) is 1. The molecule has 1 amide bonds. The monoisotopic (exact) mass is 345 g/mol. The molecule has 8 heteroatoms. The number of carboxylic acid groups (broad SMARTS) is 1. The summed E-state index contributed by atoms with van der Waals surface area (Å²) in [6.07, 6.45) is -4.12. The van der Waals surface area contributed by atoms with E-state index in [1.54, 1.807) is 0 Å². The van der Waals surface area contributed by atoms with Crippen LogP contribution in [0.1, 0.15) is 24.0 Å². The van der Waals surface area contributed by atoms with Gasteiger partial charge in [-0.15, -0.1) is 0 Å². The second-order valence-electron chi connectivity index (χ2n) is 5.78. The molecule has 0 spiro atoms. The molecule has 2 rings (SSSR count). The van der Waals surface area contributed by atoms with Gasteiger partial charge in [-0.25, -0.2) is 4.79 Å². The van der Waals surface area contributed by atoms with Gasteiger partial charge >= 0.3 is 18.2 Å². The van der Waals surface area contributed by atoms with Gasteiger partial charge in [-0.3, -0.25) is 4.79 Å². The predicted octanol–water partition coefficient (Wildman–Crippen LogP) is 3.18. The van der Waals surface area contributed by atoms with Gasteiger partial charge in [-0.2, -0.15) is 13.2 Å². The first kappa shape index (κ1) is 18.1. The first-order valence-electron chi connectivity index (χ1n) is 7.46. The smallest absolute Gasteiger partial charge is 0.416 e. The maximum absolute atomic E-state index is 12.6. The fourth-order valence-electron chi connectivity index (χ4n) is 2.93. The van der Waals surface area contributed by atoms with Crippen molar-refractivity contribution in [3.8, 4) is 0 Å². The summed E-state index contributed by atoms with van der Waals surface area (Å²) < 4.78 is 42.5. The van der Waals surface area contributed by atoms with Gasteiger partial charge in [0.2, 0.25) is 0 Å². The molecule has 0 unspecified atom stereocenters. The average molecular weight is 345 g/mol. The van der Waals surface area contributed by atoms with E-state index >= 15 is 0 Å². The first-order valence-corrected chi connectivity index (χ1v) is 7.46. The van der Waals surface area contributed by atoms with Gasteiger partial charge < -0.3 is 14.7 Å². The van der Waals surface area contributed by atoms with Crippen molar-refractivity contribution in [2.24, 2.45) is 5.92 Å². The van der Waals surface area contributed by atoms with E-state index in [0.29, 0.717) is 12.0 Å². The van der Waals surface area contributed by atoms with E-state index in [0.717, 1.165) is 12.1 Å². The third kappa shape index (κ3) is 4.18. The highest BCUT2D eigenvalue weighted by molar-refractivity contribution is 5.72. The molecular weight excluding hydrogens is 327 g/mol. The maximum atomic E-state index is 12.6. The Balaban J connectivity index is 2.15. The molecule has 1 aliphatic rings. The molecule has 132 valence electrons.